The number of fused-ring (bicyclic) bond motifs is 2. The van der Waals surface area contributed by atoms with E-state index in [1.807, 2.05) is 6.07 Å². The second kappa shape index (κ2) is 11.5. The van der Waals surface area contributed by atoms with Crippen LogP contribution in [0.15, 0.2) is 65.6 Å². The van der Waals surface area contributed by atoms with E-state index in [0.29, 0.717) is 28.6 Å². The normalized spacial score (nSPS) is 14.1. The van der Waals surface area contributed by atoms with Gasteiger partial charge in [-0.3, -0.25) is 4.79 Å². The molecule has 0 bridgehead atoms. The molecule has 5 rings (SSSR count). The molecule has 1 amide bonds. The van der Waals surface area contributed by atoms with Crippen molar-refractivity contribution < 1.29 is 32.2 Å². The van der Waals surface area contributed by atoms with Crippen molar-refractivity contribution in [2.24, 2.45) is 0 Å². The van der Waals surface area contributed by atoms with E-state index in [1.165, 1.54) is 12.1 Å². The first-order valence-corrected chi connectivity index (χ1v) is 12.8. The van der Waals surface area contributed by atoms with Crippen LogP contribution in [0.4, 0.5) is 0 Å². The topological polar surface area (TPSA) is 100 Å². The van der Waals surface area contributed by atoms with Crippen LogP contribution in [0.2, 0.25) is 0 Å². The molecule has 1 N–H and O–H groups in total. The Balaban J connectivity index is 0.00000304. The van der Waals surface area contributed by atoms with E-state index in [0.717, 1.165) is 24.0 Å². The number of aryl methyl sites for hydroxylation is 1. The third-order valence-corrected chi connectivity index (χ3v) is 7.36. The molecule has 2 aliphatic rings. The van der Waals surface area contributed by atoms with Crippen molar-refractivity contribution in [3.63, 3.8) is 0 Å². The zero-order valence-electron chi connectivity index (χ0n) is 19.2. The Morgan fingerprint density at radius 3 is 2.08 bits per heavy atom. The Kier molecular flexibility index (Phi) is 8.64. The molecule has 0 aromatic heterocycles. The van der Waals surface area contributed by atoms with Crippen LogP contribution >= 0.6 is 0 Å². The van der Waals surface area contributed by atoms with Gasteiger partial charge in [0.1, 0.15) is 0 Å². The summed E-state index contributed by atoms with van der Waals surface area (Å²) in [5.74, 6) is 0.869. The molecule has 0 aliphatic carbocycles. The number of carbonyl (C=O) groups excluding carboxylic acids is 1. The summed E-state index contributed by atoms with van der Waals surface area (Å²) in [4.78, 5) is 13.5. The molecule has 10 heteroatoms. The SMILES string of the molecule is CCCc1ccc(S(=O)(=O)NC(=O)C(Cc2ccc3c(c2)OCO3)c2ccc3c(c2)OCO3)cc1.[KH]. The molecule has 1 unspecified atom stereocenters. The number of ether oxygens (including phenoxy) is 4. The molecule has 0 radical (unpaired) electrons. The molecule has 36 heavy (non-hydrogen) atoms. The fourth-order valence-corrected chi connectivity index (χ4v) is 5.20. The van der Waals surface area contributed by atoms with Gasteiger partial charge in [0.25, 0.3) is 10.0 Å². The van der Waals surface area contributed by atoms with Crippen LogP contribution in [0, 0.1) is 0 Å². The molecule has 3 aromatic rings. The molecule has 3 aromatic carbocycles. The molecule has 1 atom stereocenters. The number of nitrogens with one attached hydrogen (secondary N) is 1. The first-order chi connectivity index (χ1) is 16.9. The van der Waals surface area contributed by atoms with E-state index in [9.17, 15) is 13.2 Å². The van der Waals surface area contributed by atoms with E-state index in [-0.39, 0.29) is 76.3 Å². The fraction of sp³-hybridized carbons (Fsp3) is 0.269. The number of carbonyl (C=O) groups is 1. The van der Waals surface area contributed by atoms with Gasteiger partial charge in [0.15, 0.2) is 23.0 Å². The van der Waals surface area contributed by atoms with Crippen LogP contribution < -0.4 is 23.7 Å². The van der Waals surface area contributed by atoms with E-state index in [4.69, 9.17) is 18.9 Å². The van der Waals surface area contributed by atoms with Gasteiger partial charge >= 0.3 is 51.4 Å². The molecular formula is C26H26KNO7S. The molecular weight excluding hydrogens is 509 g/mol. The van der Waals surface area contributed by atoms with Crippen molar-refractivity contribution in [3.8, 4) is 23.0 Å². The molecule has 184 valence electrons. The first-order valence-electron chi connectivity index (χ1n) is 11.4. The van der Waals surface area contributed by atoms with Gasteiger partial charge in [-0.1, -0.05) is 37.6 Å². The monoisotopic (exact) mass is 535 g/mol. The average molecular weight is 536 g/mol. The van der Waals surface area contributed by atoms with Crippen molar-refractivity contribution in [3.05, 3.63) is 77.4 Å². The van der Waals surface area contributed by atoms with Crippen molar-refractivity contribution in [2.75, 3.05) is 13.6 Å². The van der Waals surface area contributed by atoms with Gasteiger partial charge < -0.3 is 18.9 Å². The molecule has 0 fully saturated rings. The molecule has 2 heterocycles. The number of rotatable bonds is 8. The minimum absolute atomic E-state index is 0. The fourth-order valence-electron chi connectivity index (χ4n) is 4.18. The predicted octanol–water partition coefficient (Wildman–Crippen LogP) is 3.28. The number of amides is 1. The third kappa shape index (κ3) is 5.90. The summed E-state index contributed by atoms with van der Waals surface area (Å²) in [6.07, 6.45) is 2.06. The van der Waals surface area contributed by atoms with Crippen molar-refractivity contribution in [2.45, 2.75) is 37.0 Å². The summed E-state index contributed by atoms with van der Waals surface area (Å²) in [6.45, 7) is 2.29. The summed E-state index contributed by atoms with van der Waals surface area (Å²) in [6, 6.07) is 17.2. The van der Waals surface area contributed by atoms with Crippen molar-refractivity contribution in [1.29, 1.82) is 0 Å². The number of benzene rings is 3. The van der Waals surface area contributed by atoms with Crippen molar-refractivity contribution in [1.82, 2.24) is 4.72 Å². The van der Waals surface area contributed by atoms with E-state index < -0.39 is 21.8 Å². The Morgan fingerprint density at radius 2 is 1.42 bits per heavy atom. The van der Waals surface area contributed by atoms with Crippen molar-refractivity contribution >= 4 is 67.3 Å². The van der Waals surface area contributed by atoms with Gasteiger partial charge in [0, 0.05) is 0 Å². The van der Waals surface area contributed by atoms with Crippen LogP contribution in [0.3, 0.4) is 0 Å². The van der Waals surface area contributed by atoms with Gasteiger partial charge in [-0.2, -0.15) is 0 Å². The van der Waals surface area contributed by atoms with E-state index in [2.05, 4.69) is 11.6 Å². The van der Waals surface area contributed by atoms with Gasteiger partial charge in [-0.25, -0.2) is 13.1 Å². The Labute approximate surface area is 252 Å². The Hall–Kier alpha value is -2.08. The molecule has 2 aliphatic heterocycles. The quantitative estimate of drug-likeness (QED) is 0.442. The van der Waals surface area contributed by atoms with Crippen LogP contribution in [0.5, 0.6) is 23.0 Å². The average Bonchev–Trinajstić information content (AvgIpc) is 3.51. The van der Waals surface area contributed by atoms with E-state index >= 15 is 0 Å². The summed E-state index contributed by atoms with van der Waals surface area (Å²) < 4.78 is 50.0. The second-order valence-electron chi connectivity index (χ2n) is 8.42. The minimum atomic E-state index is -4.06. The van der Waals surface area contributed by atoms with E-state index in [1.54, 1.807) is 42.5 Å². The van der Waals surface area contributed by atoms with Gasteiger partial charge in [-0.15, -0.1) is 0 Å². The summed E-state index contributed by atoms with van der Waals surface area (Å²) in [5.41, 5.74) is 2.45. The zero-order valence-corrected chi connectivity index (χ0v) is 20.0. The van der Waals surface area contributed by atoms with Crippen LogP contribution in [0.1, 0.15) is 36.0 Å². The Morgan fingerprint density at radius 1 is 0.833 bits per heavy atom. The Bertz CT molecular complexity index is 1360. The third-order valence-electron chi connectivity index (χ3n) is 6.00. The van der Waals surface area contributed by atoms with Gasteiger partial charge in [0.05, 0.1) is 10.8 Å². The maximum absolute atomic E-state index is 13.4. The van der Waals surface area contributed by atoms with Gasteiger partial charge in [0.2, 0.25) is 19.5 Å². The molecule has 0 spiro atoms. The second-order valence-corrected chi connectivity index (χ2v) is 10.1. The standard InChI is InChI=1S/C26H25NO7S.K.H/c1-2-3-17-4-8-20(9-5-17)35(29,30)27-26(28)21(19-7-11-23-25(14-19)34-16-32-23)12-18-6-10-22-24(13-18)33-15-31-22;;/h4-11,13-14,21H,2-3,12,15-16H2,1H3,(H,27,28);;. The zero-order chi connectivity index (χ0) is 24.4. The summed E-state index contributed by atoms with van der Waals surface area (Å²) in [5, 5.41) is 0. The number of hydrogen-bond acceptors (Lipinski definition) is 7. The molecule has 0 saturated carbocycles. The summed E-state index contributed by atoms with van der Waals surface area (Å²) >= 11 is 0. The number of hydrogen-bond donors (Lipinski definition) is 1. The van der Waals surface area contributed by atoms with Crippen LogP contribution in [0.25, 0.3) is 0 Å². The predicted molar refractivity (Wildman–Crippen MR) is 134 cm³/mol. The molecule has 8 nitrogen and oxygen atoms in total. The van der Waals surface area contributed by atoms with Crippen LogP contribution in [-0.2, 0) is 27.7 Å². The first kappa shape index (κ1) is 27.0. The van der Waals surface area contributed by atoms with Crippen LogP contribution in [-0.4, -0.2) is 79.3 Å². The number of sulfonamides is 1. The summed E-state index contributed by atoms with van der Waals surface area (Å²) in [7, 11) is -4.06. The van der Waals surface area contributed by atoms with Gasteiger partial charge in [-0.05, 0) is 65.9 Å². The maximum atomic E-state index is 13.4. The molecule has 0 saturated heterocycles.